The van der Waals surface area contributed by atoms with Gasteiger partial charge in [0.1, 0.15) is 0 Å². The zero-order valence-corrected chi connectivity index (χ0v) is 9.79. The first-order valence-corrected chi connectivity index (χ1v) is 5.40. The third kappa shape index (κ3) is 2.79. The van der Waals surface area contributed by atoms with Gasteiger partial charge in [-0.25, -0.2) is 4.98 Å². The van der Waals surface area contributed by atoms with Crippen LogP contribution < -0.4 is 4.74 Å². The fourth-order valence-electron chi connectivity index (χ4n) is 1.39. The van der Waals surface area contributed by atoms with Crippen molar-refractivity contribution < 1.29 is 9.84 Å². The maximum atomic E-state index is 9.36. The molecule has 2 aromatic rings. The Hall–Kier alpha value is -1.94. The molecule has 0 aliphatic rings. The van der Waals surface area contributed by atoms with E-state index in [0.29, 0.717) is 11.6 Å². The zero-order valence-electron chi connectivity index (χ0n) is 9.79. The molecule has 0 aliphatic carbocycles. The van der Waals surface area contributed by atoms with Crippen molar-refractivity contribution in [2.45, 2.75) is 20.0 Å². The first-order valence-electron chi connectivity index (χ1n) is 5.40. The summed E-state index contributed by atoms with van der Waals surface area (Å²) in [5.41, 5.74) is 1.58. The van der Waals surface area contributed by atoms with Crippen LogP contribution in [-0.2, 0) is 0 Å². The number of aliphatic hydroxyl groups excluding tert-OH is 1. The molecular weight excluding hydrogens is 216 g/mol. The average Bonchev–Trinajstić information content (AvgIpc) is 2.33. The summed E-state index contributed by atoms with van der Waals surface area (Å²) in [6.07, 6.45) is 2.80. The van der Waals surface area contributed by atoms with E-state index < -0.39 is 6.10 Å². The minimum atomic E-state index is -0.517. The molecule has 1 N–H and O–H groups in total. The minimum Gasteiger partial charge on any atom is -0.437 e. The Labute approximate surface area is 99.9 Å². The van der Waals surface area contributed by atoms with E-state index >= 15 is 0 Å². The number of nitrogens with zero attached hydrogens (tertiary/aromatic N) is 2. The molecule has 17 heavy (non-hydrogen) atoms. The number of pyridine rings is 2. The summed E-state index contributed by atoms with van der Waals surface area (Å²) < 4.78 is 5.59. The molecule has 0 bridgehead atoms. The van der Waals surface area contributed by atoms with Crippen LogP contribution >= 0.6 is 0 Å². The molecule has 2 heterocycles. The molecule has 0 aliphatic heterocycles. The van der Waals surface area contributed by atoms with Gasteiger partial charge in [0.25, 0.3) is 0 Å². The van der Waals surface area contributed by atoms with Crippen molar-refractivity contribution in [3.63, 3.8) is 0 Å². The van der Waals surface area contributed by atoms with Gasteiger partial charge in [-0.15, -0.1) is 0 Å². The molecule has 2 rings (SSSR count). The van der Waals surface area contributed by atoms with Crippen molar-refractivity contribution in [2.75, 3.05) is 0 Å². The Bertz CT molecular complexity index is 495. The molecule has 4 nitrogen and oxygen atoms in total. The summed E-state index contributed by atoms with van der Waals surface area (Å²) in [6, 6.07) is 7.17. The van der Waals surface area contributed by atoms with Crippen LogP contribution in [0.4, 0.5) is 0 Å². The van der Waals surface area contributed by atoms with Crippen LogP contribution in [0.5, 0.6) is 11.6 Å². The van der Waals surface area contributed by atoms with Crippen molar-refractivity contribution in [3.05, 3.63) is 47.9 Å². The van der Waals surface area contributed by atoms with Gasteiger partial charge in [0.2, 0.25) is 5.88 Å². The van der Waals surface area contributed by atoms with E-state index in [4.69, 9.17) is 4.74 Å². The van der Waals surface area contributed by atoms with E-state index in [1.165, 1.54) is 0 Å². The quantitative estimate of drug-likeness (QED) is 0.880. The first-order chi connectivity index (χ1) is 8.16. The fourth-order valence-corrected chi connectivity index (χ4v) is 1.39. The van der Waals surface area contributed by atoms with E-state index in [1.54, 1.807) is 31.5 Å². The topological polar surface area (TPSA) is 55.2 Å². The van der Waals surface area contributed by atoms with Gasteiger partial charge in [0, 0.05) is 18.5 Å². The Morgan fingerprint density at radius 3 is 2.65 bits per heavy atom. The van der Waals surface area contributed by atoms with Crippen LogP contribution in [0.25, 0.3) is 0 Å². The van der Waals surface area contributed by atoms with Crippen molar-refractivity contribution in [3.8, 4) is 11.6 Å². The van der Waals surface area contributed by atoms with Gasteiger partial charge in [0.05, 0.1) is 11.8 Å². The maximum absolute atomic E-state index is 9.36. The lowest BCUT2D eigenvalue weighted by molar-refractivity contribution is 0.198. The molecule has 1 atom stereocenters. The van der Waals surface area contributed by atoms with Crippen molar-refractivity contribution in [2.24, 2.45) is 0 Å². The molecular formula is C13H14N2O2. The second-order valence-electron chi connectivity index (χ2n) is 3.79. The minimum absolute atomic E-state index is 0.491. The molecule has 0 saturated carbocycles. The van der Waals surface area contributed by atoms with E-state index in [0.717, 1.165) is 11.3 Å². The molecule has 0 aromatic carbocycles. The number of ether oxygens (including phenoxy) is 1. The average molecular weight is 230 g/mol. The largest absolute Gasteiger partial charge is 0.437 e. The second-order valence-corrected chi connectivity index (χ2v) is 3.79. The predicted molar refractivity (Wildman–Crippen MR) is 63.9 cm³/mol. The van der Waals surface area contributed by atoms with E-state index in [9.17, 15) is 5.11 Å². The van der Waals surface area contributed by atoms with Gasteiger partial charge >= 0.3 is 0 Å². The summed E-state index contributed by atoms with van der Waals surface area (Å²) in [7, 11) is 0. The fraction of sp³-hybridized carbons (Fsp3) is 0.231. The number of hydrogen-bond acceptors (Lipinski definition) is 4. The van der Waals surface area contributed by atoms with Gasteiger partial charge in [-0.3, -0.25) is 4.98 Å². The highest BCUT2D eigenvalue weighted by Gasteiger charge is 2.04. The van der Waals surface area contributed by atoms with E-state index in [-0.39, 0.29) is 0 Å². The molecule has 0 radical (unpaired) electrons. The Morgan fingerprint density at radius 2 is 2.06 bits per heavy atom. The highest BCUT2D eigenvalue weighted by atomic mass is 16.5. The lowest BCUT2D eigenvalue weighted by atomic mass is 10.2. The third-order valence-corrected chi connectivity index (χ3v) is 2.41. The molecule has 0 amide bonds. The van der Waals surface area contributed by atoms with Crippen LogP contribution in [0.15, 0.2) is 36.7 Å². The summed E-state index contributed by atoms with van der Waals surface area (Å²) in [5, 5.41) is 9.36. The monoisotopic (exact) mass is 230 g/mol. The Morgan fingerprint density at radius 1 is 1.24 bits per heavy atom. The molecule has 2 aromatic heterocycles. The molecule has 0 fully saturated rings. The Balaban J connectivity index is 2.17. The first kappa shape index (κ1) is 11.5. The van der Waals surface area contributed by atoms with Gasteiger partial charge in [0.15, 0.2) is 5.75 Å². The second kappa shape index (κ2) is 4.93. The maximum Gasteiger partial charge on any atom is 0.219 e. The van der Waals surface area contributed by atoms with E-state index in [2.05, 4.69) is 9.97 Å². The standard InChI is InChI=1S/C13H14N2O2/c1-9-12(4-3-7-14-9)17-13-6-5-11(8-15-13)10(2)16/h3-8,10,16H,1-2H3/t10-/m0/s1. The summed E-state index contributed by atoms with van der Waals surface area (Å²) in [5.74, 6) is 1.18. The predicted octanol–water partition coefficient (Wildman–Crippen LogP) is 2.63. The van der Waals surface area contributed by atoms with Crippen LogP contribution in [0.1, 0.15) is 24.3 Å². The van der Waals surface area contributed by atoms with Gasteiger partial charge in [-0.2, -0.15) is 0 Å². The Kier molecular flexibility index (Phi) is 3.35. The van der Waals surface area contributed by atoms with Gasteiger partial charge < -0.3 is 9.84 Å². The van der Waals surface area contributed by atoms with Crippen LogP contribution in [0, 0.1) is 6.92 Å². The lowest BCUT2D eigenvalue weighted by Gasteiger charge is -2.08. The third-order valence-electron chi connectivity index (χ3n) is 2.41. The smallest absolute Gasteiger partial charge is 0.219 e. The number of aliphatic hydroxyl groups is 1. The number of hydrogen-bond donors (Lipinski definition) is 1. The van der Waals surface area contributed by atoms with Crippen LogP contribution in [0.3, 0.4) is 0 Å². The lowest BCUT2D eigenvalue weighted by Crippen LogP contribution is -1.95. The number of aromatic nitrogens is 2. The summed E-state index contributed by atoms with van der Waals surface area (Å²) in [4.78, 5) is 8.25. The highest BCUT2D eigenvalue weighted by Crippen LogP contribution is 2.22. The summed E-state index contributed by atoms with van der Waals surface area (Å²) in [6.45, 7) is 3.57. The van der Waals surface area contributed by atoms with E-state index in [1.807, 2.05) is 19.1 Å². The normalized spacial score (nSPS) is 12.2. The van der Waals surface area contributed by atoms with Crippen molar-refractivity contribution >= 4 is 0 Å². The number of rotatable bonds is 3. The van der Waals surface area contributed by atoms with Gasteiger partial charge in [-0.05, 0) is 37.6 Å². The van der Waals surface area contributed by atoms with Crippen LogP contribution in [-0.4, -0.2) is 15.1 Å². The number of aryl methyl sites for hydroxylation is 1. The SMILES string of the molecule is Cc1ncccc1Oc1ccc([C@H](C)O)cn1. The summed E-state index contributed by atoms with van der Waals surface area (Å²) >= 11 is 0. The van der Waals surface area contributed by atoms with Gasteiger partial charge in [-0.1, -0.05) is 0 Å². The molecule has 0 spiro atoms. The highest BCUT2D eigenvalue weighted by molar-refractivity contribution is 5.30. The molecule has 4 heteroatoms. The van der Waals surface area contributed by atoms with Crippen molar-refractivity contribution in [1.82, 2.24) is 9.97 Å². The van der Waals surface area contributed by atoms with Crippen LogP contribution in [0.2, 0.25) is 0 Å². The molecule has 0 unspecified atom stereocenters. The van der Waals surface area contributed by atoms with Crippen molar-refractivity contribution in [1.29, 1.82) is 0 Å². The zero-order chi connectivity index (χ0) is 12.3. The molecule has 88 valence electrons. The molecule has 0 saturated heterocycles.